The van der Waals surface area contributed by atoms with Crippen molar-refractivity contribution in [2.24, 2.45) is 5.92 Å². The smallest absolute Gasteiger partial charge is 0.309 e. The molecule has 0 atom stereocenters. The molecule has 1 heterocycles. The highest BCUT2D eigenvalue weighted by molar-refractivity contribution is 5.91. The molecule has 1 fully saturated rings. The standard InChI is InChI=1S/C17H26N2O4/c1-4-6-7-8-15(20)18(3)13-16(21)19-11-9-14(10-12-19)17(22)23-5-2/h4,6-8,14H,5,9-13H2,1-3H3/b6-4+,8-7+. The first-order chi connectivity index (χ1) is 11.0. The van der Waals surface area contributed by atoms with Crippen molar-refractivity contribution in [3.8, 4) is 0 Å². The van der Waals surface area contributed by atoms with E-state index < -0.39 is 0 Å². The minimum Gasteiger partial charge on any atom is -0.466 e. The molecule has 0 N–H and O–H groups in total. The average Bonchev–Trinajstić information content (AvgIpc) is 2.55. The van der Waals surface area contributed by atoms with Crippen molar-refractivity contribution in [1.29, 1.82) is 0 Å². The SMILES string of the molecule is C/C=C/C=C/C(=O)N(C)CC(=O)N1CCC(C(=O)OCC)CC1. The van der Waals surface area contributed by atoms with Gasteiger partial charge in [-0.2, -0.15) is 0 Å². The van der Waals surface area contributed by atoms with Gasteiger partial charge >= 0.3 is 5.97 Å². The van der Waals surface area contributed by atoms with E-state index >= 15 is 0 Å². The van der Waals surface area contributed by atoms with Crippen LogP contribution in [0, 0.1) is 5.92 Å². The number of hydrogen-bond acceptors (Lipinski definition) is 4. The number of likely N-dealkylation sites (N-methyl/N-ethyl adjacent to an activating group) is 1. The van der Waals surface area contributed by atoms with E-state index in [4.69, 9.17) is 4.74 Å². The van der Waals surface area contributed by atoms with Crippen LogP contribution >= 0.6 is 0 Å². The molecule has 0 spiro atoms. The Balaban J connectivity index is 2.42. The van der Waals surface area contributed by atoms with Crippen LogP contribution < -0.4 is 0 Å². The first-order valence-electron chi connectivity index (χ1n) is 7.98. The average molecular weight is 322 g/mol. The van der Waals surface area contributed by atoms with Crippen LogP contribution in [0.3, 0.4) is 0 Å². The topological polar surface area (TPSA) is 66.9 Å². The Hall–Kier alpha value is -2.11. The molecule has 0 aliphatic carbocycles. The molecule has 128 valence electrons. The van der Waals surface area contributed by atoms with E-state index in [0.717, 1.165) is 0 Å². The molecule has 1 aliphatic heterocycles. The number of piperidine rings is 1. The Morgan fingerprint density at radius 1 is 1.22 bits per heavy atom. The number of nitrogens with zero attached hydrogens (tertiary/aromatic N) is 2. The zero-order valence-corrected chi connectivity index (χ0v) is 14.2. The summed E-state index contributed by atoms with van der Waals surface area (Å²) in [6.45, 7) is 5.13. The quantitative estimate of drug-likeness (QED) is 0.421. The van der Waals surface area contributed by atoms with Crippen LogP contribution in [-0.4, -0.2) is 60.9 Å². The lowest BCUT2D eigenvalue weighted by Gasteiger charge is -2.32. The lowest BCUT2D eigenvalue weighted by atomic mass is 9.97. The van der Waals surface area contributed by atoms with Gasteiger partial charge in [-0.15, -0.1) is 0 Å². The van der Waals surface area contributed by atoms with Crippen LogP contribution in [0.4, 0.5) is 0 Å². The lowest BCUT2D eigenvalue weighted by Crippen LogP contribution is -2.45. The van der Waals surface area contributed by atoms with Gasteiger partial charge in [0.25, 0.3) is 0 Å². The second-order valence-electron chi connectivity index (χ2n) is 5.49. The minimum absolute atomic E-state index is 0.0447. The second kappa shape index (κ2) is 9.82. The van der Waals surface area contributed by atoms with Gasteiger partial charge < -0.3 is 14.5 Å². The van der Waals surface area contributed by atoms with Crippen LogP contribution in [-0.2, 0) is 19.1 Å². The van der Waals surface area contributed by atoms with E-state index in [1.807, 2.05) is 13.0 Å². The fraction of sp³-hybridized carbons (Fsp3) is 0.588. The predicted octanol–water partition coefficient (Wildman–Crippen LogP) is 1.38. The van der Waals surface area contributed by atoms with Gasteiger partial charge in [0, 0.05) is 26.2 Å². The number of hydrogen-bond donors (Lipinski definition) is 0. The Morgan fingerprint density at radius 2 is 1.87 bits per heavy atom. The van der Waals surface area contributed by atoms with Gasteiger partial charge in [0.2, 0.25) is 11.8 Å². The third-order valence-corrected chi connectivity index (χ3v) is 3.76. The molecule has 6 heteroatoms. The molecule has 0 aromatic carbocycles. The molecule has 0 aromatic rings. The molecular formula is C17H26N2O4. The molecule has 6 nitrogen and oxygen atoms in total. The number of amides is 2. The fourth-order valence-corrected chi connectivity index (χ4v) is 2.38. The lowest BCUT2D eigenvalue weighted by molar-refractivity contribution is -0.151. The van der Waals surface area contributed by atoms with Crippen molar-refractivity contribution in [3.63, 3.8) is 0 Å². The zero-order valence-electron chi connectivity index (χ0n) is 14.2. The summed E-state index contributed by atoms with van der Waals surface area (Å²) < 4.78 is 5.01. The molecule has 0 saturated carbocycles. The van der Waals surface area contributed by atoms with Crippen molar-refractivity contribution in [3.05, 3.63) is 24.3 Å². The molecule has 2 amide bonds. The molecule has 0 unspecified atom stereocenters. The summed E-state index contributed by atoms with van der Waals surface area (Å²) in [4.78, 5) is 38.8. The second-order valence-corrected chi connectivity index (χ2v) is 5.49. The third-order valence-electron chi connectivity index (χ3n) is 3.76. The largest absolute Gasteiger partial charge is 0.466 e. The summed E-state index contributed by atoms with van der Waals surface area (Å²) in [5, 5.41) is 0. The first kappa shape index (κ1) is 18.9. The van der Waals surface area contributed by atoms with Crippen LogP contribution in [0.2, 0.25) is 0 Å². The minimum atomic E-state index is -0.210. The van der Waals surface area contributed by atoms with Gasteiger partial charge in [-0.3, -0.25) is 14.4 Å². The monoisotopic (exact) mass is 322 g/mol. The number of allylic oxidation sites excluding steroid dienone is 3. The molecular weight excluding hydrogens is 296 g/mol. The van der Waals surface area contributed by atoms with E-state index in [1.54, 1.807) is 31.0 Å². The summed E-state index contributed by atoms with van der Waals surface area (Å²) in [6.07, 6.45) is 7.89. The first-order valence-corrected chi connectivity index (χ1v) is 7.98. The maximum Gasteiger partial charge on any atom is 0.309 e. The number of rotatable bonds is 6. The van der Waals surface area contributed by atoms with Crippen molar-refractivity contribution in [2.75, 3.05) is 33.3 Å². The molecule has 0 aromatic heterocycles. The van der Waals surface area contributed by atoms with E-state index in [0.29, 0.717) is 32.5 Å². The van der Waals surface area contributed by atoms with Gasteiger partial charge in [0.15, 0.2) is 0 Å². The Labute approximate surface area is 137 Å². The van der Waals surface area contributed by atoms with Crippen molar-refractivity contribution in [1.82, 2.24) is 9.80 Å². The zero-order chi connectivity index (χ0) is 17.2. The van der Waals surface area contributed by atoms with Crippen LogP contribution in [0.5, 0.6) is 0 Å². The Morgan fingerprint density at radius 3 is 2.43 bits per heavy atom. The van der Waals surface area contributed by atoms with E-state index in [1.165, 1.54) is 11.0 Å². The highest BCUT2D eigenvalue weighted by Gasteiger charge is 2.28. The molecule has 1 rings (SSSR count). The number of ether oxygens (including phenoxy) is 1. The molecule has 1 saturated heterocycles. The molecule has 23 heavy (non-hydrogen) atoms. The number of esters is 1. The normalized spacial score (nSPS) is 16.0. The van der Waals surface area contributed by atoms with Gasteiger partial charge in [-0.25, -0.2) is 0 Å². The third kappa shape index (κ3) is 6.26. The van der Waals surface area contributed by atoms with E-state index in [-0.39, 0.29) is 30.2 Å². The van der Waals surface area contributed by atoms with Crippen LogP contribution in [0.15, 0.2) is 24.3 Å². The molecule has 1 aliphatic rings. The summed E-state index contributed by atoms with van der Waals surface area (Å²) in [6, 6.07) is 0. The molecule has 0 radical (unpaired) electrons. The summed E-state index contributed by atoms with van der Waals surface area (Å²) in [7, 11) is 1.60. The summed E-state index contributed by atoms with van der Waals surface area (Å²) in [5.74, 6) is -0.608. The maximum atomic E-state index is 12.2. The van der Waals surface area contributed by atoms with Gasteiger partial charge in [-0.05, 0) is 26.7 Å². The van der Waals surface area contributed by atoms with Crippen molar-refractivity contribution < 1.29 is 19.1 Å². The highest BCUT2D eigenvalue weighted by Crippen LogP contribution is 2.18. The van der Waals surface area contributed by atoms with Gasteiger partial charge in [-0.1, -0.05) is 18.2 Å². The predicted molar refractivity (Wildman–Crippen MR) is 87.5 cm³/mol. The van der Waals surface area contributed by atoms with E-state index in [9.17, 15) is 14.4 Å². The summed E-state index contributed by atoms with van der Waals surface area (Å²) in [5.41, 5.74) is 0. The maximum absolute atomic E-state index is 12.2. The van der Waals surface area contributed by atoms with Crippen molar-refractivity contribution in [2.45, 2.75) is 26.7 Å². The van der Waals surface area contributed by atoms with E-state index in [2.05, 4.69) is 0 Å². The Bertz CT molecular complexity index is 477. The van der Waals surface area contributed by atoms with Crippen LogP contribution in [0.25, 0.3) is 0 Å². The highest BCUT2D eigenvalue weighted by atomic mass is 16.5. The van der Waals surface area contributed by atoms with Crippen molar-refractivity contribution >= 4 is 17.8 Å². The van der Waals surface area contributed by atoms with Gasteiger partial charge in [0.05, 0.1) is 19.1 Å². The number of carbonyl (C=O) groups excluding carboxylic acids is 3. The molecule has 0 bridgehead atoms. The number of carbonyl (C=O) groups is 3. The summed E-state index contributed by atoms with van der Waals surface area (Å²) >= 11 is 0. The van der Waals surface area contributed by atoms with Gasteiger partial charge in [0.1, 0.15) is 0 Å². The van der Waals surface area contributed by atoms with Crippen LogP contribution in [0.1, 0.15) is 26.7 Å². The number of likely N-dealkylation sites (tertiary alicyclic amines) is 1. The Kier molecular flexibility index (Phi) is 8.08. The fourth-order valence-electron chi connectivity index (χ4n) is 2.38.